The second-order valence-electron chi connectivity index (χ2n) is 3.79. The van der Waals surface area contributed by atoms with Crippen molar-refractivity contribution in [2.24, 2.45) is 0 Å². The van der Waals surface area contributed by atoms with Crippen LogP contribution in [0.5, 0.6) is 5.75 Å². The van der Waals surface area contributed by atoms with Crippen molar-refractivity contribution in [3.8, 4) is 22.9 Å². The summed E-state index contributed by atoms with van der Waals surface area (Å²) in [6.45, 7) is 0. The van der Waals surface area contributed by atoms with Gasteiger partial charge in [-0.3, -0.25) is 4.98 Å². The third-order valence-corrected chi connectivity index (χ3v) is 2.64. The number of benzene rings is 1. The summed E-state index contributed by atoms with van der Waals surface area (Å²) in [6, 6.07) is 8.32. The number of pyridine rings is 1. The maximum absolute atomic E-state index is 11.3. The molecular formula is C14H10N2O3. The molecule has 0 aliphatic heterocycles. The van der Waals surface area contributed by atoms with Crippen molar-refractivity contribution < 1.29 is 14.6 Å². The van der Waals surface area contributed by atoms with Crippen molar-refractivity contribution in [2.75, 3.05) is 7.11 Å². The van der Waals surface area contributed by atoms with Gasteiger partial charge in [-0.25, -0.2) is 4.79 Å². The largest absolute Gasteiger partial charge is 0.497 e. The Morgan fingerprint density at radius 1 is 1.37 bits per heavy atom. The van der Waals surface area contributed by atoms with Crippen molar-refractivity contribution >= 4 is 5.97 Å². The van der Waals surface area contributed by atoms with Crippen LogP contribution >= 0.6 is 0 Å². The van der Waals surface area contributed by atoms with Crippen LogP contribution in [0.15, 0.2) is 36.7 Å². The normalized spacial score (nSPS) is 9.68. The van der Waals surface area contributed by atoms with Crippen LogP contribution in [0.1, 0.15) is 15.9 Å². The fourth-order valence-electron chi connectivity index (χ4n) is 1.73. The molecule has 0 aliphatic carbocycles. The summed E-state index contributed by atoms with van der Waals surface area (Å²) in [5, 5.41) is 18.1. The number of carboxylic acids is 1. The lowest BCUT2D eigenvalue weighted by molar-refractivity contribution is 0.0697. The fraction of sp³-hybridized carbons (Fsp3) is 0.0714. The molecule has 0 saturated carbocycles. The Hall–Kier alpha value is -2.87. The highest BCUT2D eigenvalue weighted by Gasteiger charge is 2.13. The van der Waals surface area contributed by atoms with Gasteiger partial charge >= 0.3 is 5.97 Å². The highest BCUT2D eigenvalue weighted by Crippen LogP contribution is 2.27. The van der Waals surface area contributed by atoms with E-state index in [2.05, 4.69) is 4.98 Å². The molecule has 0 saturated heterocycles. The molecule has 0 unspecified atom stereocenters. The molecule has 1 aromatic heterocycles. The molecule has 0 bridgehead atoms. The third kappa shape index (κ3) is 2.53. The van der Waals surface area contributed by atoms with E-state index >= 15 is 0 Å². The Bertz CT molecular complexity index is 675. The Morgan fingerprint density at radius 2 is 2.16 bits per heavy atom. The van der Waals surface area contributed by atoms with E-state index in [1.165, 1.54) is 25.6 Å². The minimum Gasteiger partial charge on any atom is -0.497 e. The topological polar surface area (TPSA) is 83.2 Å². The molecule has 19 heavy (non-hydrogen) atoms. The molecule has 1 N–H and O–H groups in total. The van der Waals surface area contributed by atoms with Gasteiger partial charge in [0.15, 0.2) is 0 Å². The molecular weight excluding hydrogens is 244 g/mol. The van der Waals surface area contributed by atoms with Gasteiger partial charge in [0.25, 0.3) is 0 Å². The second kappa shape index (κ2) is 5.19. The van der Waals surface area contributed by atoms with Gasteiger partial charge in [0.2, 0.25) is 0 Å². The lowest BCUT2D eigenvalue weighted by Gasteiger charge is -2.08. The van der Waals surface area contributed by atoms with Gasteiger partial charge in [-0.05, 0) is 29.8 Å². The van der Waals surface area contributed by atoms with E-state index in [-0.39, 0.29) is 5.56 Å². The number of hydrogen-bond acceptors (Lipinski definition) is 4. The van der Waals surface area contributed by atoms with Gasteiger partial charge in [0, 0.05) is 18.0 Å². The molecule has 0 radical (unpaired) electrons. The van der Waals surface area contributed by atoms with Crippen LogP contribution in [0.3, 0.4) is 0 Å². The molecule has 5 heteroatoms. The van der Waals surface area contributed by atoms with Gasteiger partial charge in [-0.2, -0.15) is 5.26 Å². The van der Waals surface area contributed by atoms with Gasteiger partial charge in [-0.1, -0.05) is 0 Å². The number of nitriles is 1. The number of hydrogen-bond donors (Lipinski definition) is 1. The van der Waals surface area contributed by atoms with Gasteiger partial charge in [0.1, 0.15) is 11.8 Å². The first-order valence-electron chi connectivity index (χ1n) is 5.42. The van der Waals surface area contributed by atoms with Crippen LogP contribution < -0.4 is 4.74 Å². The van der Waals surface area contributed by atoms with E-state index < -0.39 is 5.97 Å². The molecule has 1 aromatic carbocycles. The molecule has 2 aromatic rings. The van der Waals surface area contributed by atoms with Crippen molar-refractivity contribution in [3.05, 3.63) is 47.8 Å². The van der Waals surface area contributed by atoms with Crippen molar-refractivity contribution in [3.63, 3.8) is 0 Å². The van der Waals surface area contributed by atoms with E-state index in [1.807, 2.05) is 6.07 Å². The Morgan fingerprint density at radius 3 is 2.79 bits per heavy atom. The minimum atomic E-state index is -1.06. The van der Waals surface area contributed by atoms with E-state index in [1.54, 1.807) is 18.2 Å². The number of ether oxygens (including phenoxy) is 1. The first-order valence-corrected chi connectivity index (χ1v) is 5.42. The van der Waals surface area contributed by atoms with E-state index in [0.717, 1.165) is 0 Å². The van der Waals surface area contributed by atoms with Crippen molar-refractivity contribution in [2.45, 2.75) is 0 Å². The highest BCUT2D eigenvalue weighted by molar-refractivity contribution is 5.96. The van der Waals surface area contributed by atoms with Crippen LogP contribution in [-0.2, 0) is 0 Å². The quantitative estimate of drug-likeness (QED) is 0.908. The number of methoxy groups -OCH3 is 1. The first kappa shape index (κ1) is 12.6. The van der Waals surface area contributed by atoms with E-state index in [4.69, 9.17) is 10.00 Å². The van der Waals surface area contributed by atoms with Gasteiger partial charge in [0.05, 0.1) is 18.2 Å². The fourth-order valence-corrected chi connectivity index (χ4v) is 1.73. The Labute approximate surface area is 109 Å². The summed E-state index contributed by atoms with van der Waals surface area (Å²) in [4.78, 5) is 15.2. The zero-order valence-electron chi connectivity index (χ0n) is 10.1. The zero-order valence-corrected chi connectivity index (χ0v) is 10.1. The van der Waals surface area contributed by atoms with Crippen LogP contribution in [0.25, 0.3) is 11.1 Å². The molecule has 0 atom stereocenters. The molecule has 94 valence electrons. The predicted octanol–water partition coefficient (Wildman–Crippen LogP) is 2.33. The number of carboxylic acid groups (broad SMARTS) is 1. The molecule has 0 aliphatic rings. The molecule has 0 fully saturated rings. The second-order valence-corrected chi connectivity index (χ2v) is 3.79. The molecule has 2 rings (SSSR count). The Balaban J connectivity index is 2.61. The number of aromatic carboxylic acids is 1. The lowest BCUT2D eigenvalue weighted by atomic mass is 10.00. The summed E-state index contributed by atoms with van der Waals surface area (Å²) in [7, 11) is 1.47. The maximum Gasteiger partial charge on any atom is 0.336 e. The average Bonchev–Trinajstić information content (AvgIpc) is 2.46. The zero-order chi connectivity index (χ0) is 13.8. The third-order valence-electron chi connectivity index (χ3n) is 2.64. The van der Waals surface area contributed by atoms with Crippen molar-refractivity contribution in [1.29, 1.82) is 5.26 Å². The van der Waals surface area contributed by atoms with Crippen molar-refractivity contribution in [1.82, 2.24) is 4.98 Å². The van der Waals surface area contributed by atoms with Crippen LogP contribution in [0, 0.1) is 11.3 Å². The molecule has 5 nitrogen and oxygen atoms in total. The monoisotopic (exact) mass is 254 g/mol. The molecule has 1 heterocycles. The SMILES string of the molecule is COc1ccc(-c2cncc(C#N)c2)c(C(=O)O)c1. The number of rotatable bonds is 3. The Kier molecular flexibility index (Phi) is 3.44. The van der Waals surface area contributed by atoms with Gasteiger partial charge < -0.3 is 9.84 Å². The smallest absolute Gasteiger partial charge is 0.336 e. The van der Waals surface area contributed by atoms with Crippen LogP contribution in [-0.4, -0.2) is 23.2 Å². The molecule has 0 spiro atoms. The average molecular weight is 254 g/mol. The van der Waals surface area contributed by atoms with Gasteiger partial charge in [-0.15, -0.1) is 0 Å². The van der Waals surface area contributed by atoms with Crippen LogP contribution in [0.4, 0.5) is 0 Å². The van der Waals surface area contributed by atoms with E-state index in [0.29, 0.717) is 22.4 Å². The summed E-state index contributed by atoms with van der Waals surface area (Å²) in [5.41, 5.74) is 1.57. The highest BCUT2D eigenvalue weighted by atomic mass is 16.5. The van der Waals surface area contributed by atoms with Crippen LogP contribution in [0.2, 0.25) is 0 Å². The number of nitrogens with zero attached hydrogens (tertiary/aromatic N) is 2. The maximum atomic E-state index is 11.3. The summed E-state index contributed by atoms with van der Waals surface area (Å²) >= 11 is 0. The lowest BCUT2D eigenvalue weighted by Crippen LogP contribution is -2.00. The standard InChI is InChI=1S/C14H10N2O3/c1-19-11-2-3-12(13(5-11)14(17)18)10-4-9(6-15)7-16-8-10/h2-5,7-8H,1H3,(H,17,18). The predicted molar refractivity (Wildman–Crippen MR) is 67.9 cm³/mol. The molecule has 0 amide bonds. The summed E-state index contributed by atoms with van der Waals surface area (Å²) in [5.74, 6) is -0.596. The summed E-state index contributed by atoms with van der Waals surface area (Å²) < 4.78 is 5.01. The van der Waals surface area contributed by atoms with E-state index in [9.17, 15) is 9.90 Å². The summed E-state index contributed by atoms with van der Waals surface area (Å²) in [6.07, 6.45) is 2.95. The minimum absolute atomic E-state index is 0.108. The number of carbonyl (C=O) groups is 1. The first-order chi connectivity index (χ1) is 9.15. The number of aromatic nitrogens is 1.